The van der Waals surface area contributed by atoms with Gasteiger partial charge in [-0.3, -0.25) is 0 Å². The summed E-state index contributed by atoms with van der Waals surface area (Å²) < 4.78 is 0. The molecule has 7 aromatic carbocycles. The first kappa shape index (κ1) is 26.2. The van der Waals surface area contributed by atoms with Crippen LogP contribution in [0.5, 0.6) is 0 Å². The van der Waals surface area contributed by atoms with Crippen LogP contribution in [0.3, 0.4) is 0 Å². The minimum atomic E-state index is -0.0491. The lowest BCUT2D eigenvalue weighted by Gasteiger charge is -2.27. The zero-order chi connectivity index (χ0) is 29.7. The summed E-state index contributed by atoms with van der Waals surface area (Å²) in [5.41, 5.74) is 13.9. The Hall–Kier alpha value is -5.40. The van der Waals surface area contributed by atoms with Crippen molar-refractivity contribution >= 4 is 27.8 Å². The minimum absolute atomic E-state index is 0.0491. The molecule has 8 rings (SSSR count). The van der Waals surface area contributed by atoms with Gasteiger partial charge in [-0.05, 0) is 86.3 Å². The molecule has 7 aromatic rings. The Morgan fingerprint density at radius 3 is 1.86 bits per heavy atom. The van der Waals surface area contributed by atoms with Gasteiger partial charge < -0.3 is 4.90 Å². The monoisotopic (exact) mass is 563 g/mol. The van der Waals surface area contributed by atoms with E-state index in [0.29, 0.717) is 0 Å². The average Bonchev–Trinajstić information content (AvgIpc) is 3.32. The highest BCUT2D eigenvalue weighted by molar-refractivity contribution is 5.99. The van der Waals surface area contributed by atoms with Crippen LogP contribution in [0, 0.1) is 0 Å². The van der Waals surface area contributed by atoms with E-state index in [1.165, 1.54) is 61.0 Å². The molecule has 1 aliphatic rings. The number of benzene rings is 7. The first-order valence-corrected chi connectivity index (χ1v) is 15.4. The highest BCUT2D eigenvalue weighted by Crippen LogP contribution is 2.53. The van der Waals surface area contributed by atoms with Crippen molar-refractivity contribution in [2.75, 3.05) is 4.90 Å². The molecule has 0 atom stereocenters. The van der Waals surface area contributed by atoms with Crippen LogP contribution in [0.25, 0.3) is 44.2 Å². The average molecular weight is 564 g/mol. The predicted octanol–water partition coefficient (Wildman–Crippen LogP) is 11.9. The maximum atomic E-state index is 2.41. The van der Waals surface area contributed by atoms with Crippen molar-refractivity contribution < 1.29 is 0 Å². The van der Waals surface area contributed by atoms with E-state index >= 15 is 0 Å². The second-order valence-electron chi connectivity index (χ2n) is 12.2. The Balaban J connectivity index is 1.23. The van der Waals surface area contributed by atoms with Crippen molar-refractivity contribution in [2.24, 2.45) is 0 Å². The second-order valence-corrected chi connectivity index (χ2v) is 12.2. The van der Waals surface area contributed by atoms with Gasteiger partial charge in [-0.1, -0.05) is 141 Å². The Morgan fingerprint density at radius 2 is 1.07 bits per heavy atom. The standard InChI is InChI=1S/C43H33N/c1-43(2)39-28-25-33(29-38(39)42-37(20-12-21-40(42)43)32-13-5-3-6-14-32)30-23-26-35(27-24-30)44(34-17-7-4-8-18-34)41-22-11-16-31-15-9-10-19-36(31)41/h3-29H,1-2H3. The summed E-state index contributed by atoms with van der Waals surface area (Å²) in [6.45, 7) is 4.71. The lowest BCUT2D eigenvalue weighted by molar-refractivity contribution is 0.660. The van der Waals surface area contributed by atoms with Crippen molar-refractivity contribution in [1.29, 1.82) is 0 Å². The highest BCUT2D eigenvalue weighted by Gasteiger charge is 2.37. The van der Waals surface area contributed by atoms with Gasteiger partial charge in [0.1, 0.15) is 0 Å². The zero-order valence-electron chi connectivity index (χ0n) is 25.0. The maximum absolute atomic E-state index is 2.41. The SMILES string of the molecule is CC1(C)c2ccc(-c3ccc(N(c4ccccc4)c4cccc5ccccc45)cc3)cc2-c2c(-c3ccccc3)cccc21. The van der Waals surface area contributed by atoms with Crippen LogP contribution in [0.1, 0.15) is 25.0 Å². The predicted molar refractivity (Wildman–Crippen MR) is 187 cm³/mol. The van der Waals surface area contributed by atoms with Gasteiger partial charge in [0.05, 0.1) is 5.69 Å². The normalized spacial score (nSPS) is 13.0. The molecule has 1 aliphatic carbocycles. The lowest BCUT2D eigenvalue weighted by atomic mass is 9.81. The molecule has 0 saturated carbocycles. The van der Waals surface area contributed by atoms with Crippen molar-refractivity contribution in [3.05, 3.63) is 175 Å². The molecular weight excluding hydrogens is 530 g/mol. The summed E-state index contributed by atoms with van der Waals surface area (Å²) in [6, 6.07) is 59.5. The first-order valence-electron chi connectivity index (χ1n) is 15.4. The van der Waals surface area contributed by atoms with Gasteiger partial charge in [-0.15, -0.1) is 0 Å². The van der Waals surface area contributed by atoms with Gasteiger partial charge in [0.15, 0.2) is 0 Å². The van der Waals surface area contributed by atoms with Crippen LogP contribution < -0.4 is 4.90 Å². The van der Waals surface area contributed by atoms with Crippen LogP contribution in [0.15, 0.2) is 164 Å². The van der Waals surface area contributed by atoms with E-state index in [1.807, 2.05) is 0 Å². The number of hydrogen-bond acceptors (Lipinski definition) is 1. The molecule has 0 unspecified atom stereocenters. The number of hydrogen-bond donors (Lipinski definition) is 0. The van der Waals surface area contributed by atoms with Gasteiger partial charge in [0.25, 0.3) is 0 Å². The number of anilines is 3. The van der Waals surface area contributed by atoms with E-state index in [-0.39, 0.29) is 5.41 Å². The molecule has 0 aliphatic heterocycles. The number of rotatable bonds is 5. The molecule has 0 bridgehead atoms. The Labute approximate surface area is 259 Å². The van der Waals surface area contributed by atoms with E-state index in [9.17, 15) is 0 Å². The number of para-hydroxylation sites is 1. The van der Waals surface area contributed by atoms with E-state index in [0.717, 1.165) is 11.4 Å². The number of nitrogens with zero attached hydrogens (tertiary/aromatic N) is 1. The maximum Gasteiger partial charge on any atom is 0.0540 e. The fourth-order valence-corrected chi connectivity index (χ4v) is 7.05. The van der Waals surface area contributed by atoms with Gasteiger partial charge in [0.2, 0.25) is 0 Å². The Bertz CT molecular complexity index is 2120. The van der Waals surface area contributed by atoms with E-state index in [4.69, 9.17) is 0 Å². The molecule has 210 valence electrons. The summed E-state index contributed by atoms with van der Waals surface area (Å²) >= 11 is 0. The molecule has 1 nitrogen and oxygen atoms in total. The third kappa shape index (κ3) is 4.24. The van der Waals surface area contributed by atoms with Crippen molar-refractivity contribution in [2.45, 2.75) is 19.3 Å². The van der Waals surface area contributed by atoms with E-state index < -0.39 is 0 Å². The van der Waals surface area contributed by atoms with Crippen molar-refractivity contribution in [3.63, 3.8) is 0 Å². The van der Waals surface area contributed by atoms with Crippen LogP contribution in [0.4, 0.5) is 17.1 Å². The summed E-state index contributed by atoms with van der Waals surface area (Å²) in [4.78, 5) is 2.36. The molecule has 0 amide bonds. The molecule has 0 heterocycles. The molecule has 1 heteroatoms. The van der Waals surface area contributed by atoms with E-state index in [2.05, 4.69) is 183 Å². The molecule has 0 saturated heterocycles. The molecule has 0 aromatic heterocycles. The van der Waals surface area contributed by atoms with E-state index in [1.54, 1.807) is 0 Å². The largest absolute Gasteiger partial charge is 0.310 e. The third-order valence-electron chi connectivity index (χ3n) is 9.27. The summed E-state index contributed by atoms with van der Waals surface area (Å²) in [7, 11) is 0. The first-order chi connectivity index (χ1) is 21.6. The fourth-order valence-electron chi connectivity index (χ4n) is 7.05. The number of fused-ring (bicyclic) bond motifs is 4. The smallest absolute Gasteiger partial charge is 0.0540 e. The van der Waals surface area contributed by atoms with Crippen LogP contribution in [-0.4, -0.2) is 0 Å². The highest BCUT2D eigenvalue weighted by atomic mass is 15.1. The molecule has 0 spiro atoms. The molecular formula is C43H33N. The third-order valence-corrected chi connectivity index (χ3v) is 9.27. The topological polar surface area (TPSA) is 3.24 Å². The van der Waals surface area contributed by atoms with Crippen LogP contribution in [0.2, 0.25) is 0 Å². The quantitative estimate of drug-likeness (QED) is 0.201. The summed E-state index contributed by atoms with van der Waals surface area (Å²) in [5.74, 6) is 0. The van der Waals surface area contributed by atoms with Crippen molar-refractivity contribution in [3.8, 4) is 33.4 Å². The summed E-state index contributed by atoms with van der Waals surface area (Å²) in [5, 5.41) is 2.47. The second kappa shape index (κ2) is 10.4. The summed E-state index contributed by atoms with van der Waals surface area (Å²) in [6.07, 6.45) is 0. The fraction of sp³-hybridized carbons (Fsp3) is 0.0698. The van der Waals surface area contributed by atoms with Gasteiger partial charge in [0, 0.05) is 22.2 Å². The molecule has 44 heavy (non-hydrogen) atoms. The Kier molecular flexibility index (Phi) is 6.20. The lowest BCUT2D eigenvalue weighted by Crippen LogP contribution is -2.14. The Morgan fingerprint density at radius 1 is 0.432 bits per heavy atom. The van der Waals surface area contributed by atoms with Gasteiger partial charge in [-0.2, -0.15) is 0 Å². The zero-order valence-corrected chi connectivity index (χ0v) is 25.0. The molecule has 0 N–H and O–H groups in total. The van der Waals surface area contributed by atoms with Gasteiger partial charge in [-0.25, -0.2) is 0 Å². The molecule has 0 fully saturated rings. The van der Waals surface area contributed by atoms with Crippen LogP contribution in [-0.2, 0) is 5.41 Å². The molecule has 0 radical (unpaired) electrons. The minimum Gasteiger partial charge on any atom is -0.310 e. The van der Waals surface area contributed by atoms with Crippen LogP contribution >= 0.6 is 0 Å². The van der Waals surface area contributed by atoms with Crippen molar-refractivity contribution in [1.82, 2.24) is 0 Å². The van der Waals surface area contributed by atoms with Gasteiger partial charge >= 0.3 is 0 Å².